The van der Waals surface area contributed by atoms with Crippen molar-refractivity contribution in [1.82, 2.24) is 14.8 Å². The van der Waals surface area contributed by atoms with Gasteiger partial charge in [-0.25, -0.2) is 0 Å². The Bertz CT molecular complexity index is 773. The topological polar surface area (TPSA) is 97.1 Å². The number of aromatic nitrogens is 3. The van der Waals surface area contributed by atoms with Gasteiger partial charge in [0, 0.05) is 0 Å². The summed E-state index contributed by atoms with van der Waals surface area (Å²) in [4.78, 5) is 23.6. The van der Waals surface area contributed by atoms with Gasteiger partial charge in [-0.05, 0) is 23.6 Å². The van der Waals surface area contributed by atoms with Crippen LogP contribution >= 0.6 is 11.6 Å². The molecule has 0 saturated heterocycles. The Morgan fingerprint density at radius 1 is 1.26 bits per heavy atom. The molecule has 2 unspecified atom stereocenters. The Kier molecular flexibility index (Phi) is 3.60. The predicted molar refractivity (Wildman–Crippen MR) is 83.4 cm³/mol. The van der Waals surface area contributed by atoms with Crippen LogP contribution in [0.4, 0.5) is 5.69 Å². The van der Waals surface area contributed by atoms with Crippen LogP contribution in [0.5, 0.6) is 0 Å². The second kappa shape index (κ2) is 5.34. The van der Waals surface area contributed by atoms with Crippen LogP contribution in [0.15, 0.2) is 30.9 Å². The lowest BCUT2D eigenvalue weighted by molar-refractivity contribution is -0.140. The fourth-order valence-electron chi connectivity index (χ4n) is 2.90. The normalized spacial score (nSPS) is 21.7. The van der Waals surface area contributed by atoms with Gasteiger partial charge in [0.25, 0.3) is 0 Å². The summed E-state index contributed by atoms with van der Waals surface area (Å²) >= 11 is 6.13. The van der Waals surface area contributed by atoms with Crippen LogP contribution in [0.25, 0.3) is 5.69 Å². The Hall–Kier alpha value is -2.41. The third kappa shape index (κ3) is 2.68. The average molecular weight is 335 g/mol. The summed E-state index contributed by atoms with van der Waals surface area (Å²) in [5.41, 5.74) is 0.600. The minimum absolute atomic E-state index is 0.342. The first-order chi connectivity index (χ1) is 10.8. The van der Waals surface area contributed by atoms with Crippen molar-refractivity contribution in [2.45, 2.75) is 13.8 Å². The number of benzene rings is 1. The Labute approximate surface area is 137 Å². The lowest BCUT2D eigenvalue weighted by Crippen LogP contribution is -2.18. The molecule has 0 radical (unpaired) electrons. The number of hydrogen-bond acceptors (Lipinski definition) is 4. The maximum Gasteiger partial charge on any atom is 0.307 e. The van der Waals surface area contributed by atoms with Crippen LogP contribution in [-0.4, -0.2) is 31.7 Å². The predicted octanol–water partition coefficient (Wildman–Crippen LogP) is 2.22. The van der Waals surface area contributed by atoms with Crippen molar-refractivity contribution in [2.24, 2.45) is 17.3 Å². The molecular formula is C15H15ClN4O3. The molecule has 1 fully saturated rings. The largest absolute Gasteiger partial charge is 0.481 e. The number of nitrogens with zero attached hydrogens (tertiary/aromatic N) is 3. The Morgan fingerprint density at radius 3 is 2.48 bits per heavy atom. The molecule has 1 aliphatic carbocycles. The number of carbonyl (C=O) groups is 2. The number of carbonyl (C=O) groups excluding carboxylic acids is 1. The van der Waals surface area contributed by atoms with E-state index < -0.39 is 23.2 Å². The molecule has 0 spiro atoms. The summed E-state index contributed by atoms with van der Waals surface area (Å²) in [6.07, 6.45) is 3.05. The minimum Gasteiger partial charge on any atom is -0.481 e. The third-order valence-electron chi connectivity index (χ3n) is 4.30. The molecule has 0 bridgehead atoms. The van der Waals surface area contributed by atoms with Gasteiger partial charge in [-0.3, -0.25) is 14.2 Å². The van der Waals surface area contributed by atoms with Crippen molar-refractivity contribution in [3.05, 3.63) is 35.9 Å². The summed E-state index contributed by atoms with van der Waals surface area (Å²) in [5.74, 6) is -2.55. The molecule has 1 heterocycles. The summed E-state index contributed by atoms with van der Waals surface area (Å²) in [5, 5.41) is 19.7. The zero-order valence-electron chi connectivity index (χ0n) is 12.5. The fourth-order valence-corrected chi connectivity index (χ4v) is 3.07. The molecule has 8 heteroatoms. The molecule has 1 aromatic carbocycles. The standard InChI is InChI=1S/C15H15ClN4O3/c1-15(2)11(12(15)14(22)23)13(21)19-10-5-8(3-4-9(10)16)20-6-17-18-7-20/h3-7,11-12H,1-2H3,(H,19,21)(H,22,23). The lowest BCUT2D eigenvalue weighted by Gasteiger charge is -2.10. The highest BCUT2D eigenvalue weighted by atomic mass is 35.5. The first kappa shape index (κ1) is 15.5. The van der Waals surface area contributed by atoms with E-state index in [-0.39, 0.29) is 5.91 Å². The van der Waals surface area contributed by atoms with Crippen molar-refractivity contribution in [3.63, 3.8) is 0 Å². The average Bonchev–Trinajstić information content (AvgIpc) is 2.86. The van der Waals surface area contributed by atoms with Crippen LogP contribution in [-0.2, 0) is 9.59 Å². The number of hydrogen-bond donors (Lipinski definition) is 2. The highest BCUT2D eigenvalue weighted by Crippen LogP contribution is 2.58. The lowest BCUT2D eigenvalue weighted by atomic mass is 10.1. The van der Waals surface area contributed by atoms with E-state index in [1.54, 1.807) is 36.6 Å². The number of amides is 1. The van der Waals surface area contributed by atoms with Gasteiger partial charge in [-0.15, -0.1) is 10.2 Å². The fraction of sp³-hybridized carbons (Fsp3) is 0.333. The van der Waals surface area contributed by atoms with E-state index in [1.807, 2.05) is 0 Å². The summed E-state index contributed by atoms with van der Waals surface area (Å²) in [7, 11) is 0. The molecular weight excluding hydrogens is 320 g/mol. The molecule has 1 amide bonds. The van der Waals surface area contributed by atoms with Gasteiger partial charge in [-0.1, -0.05) is 25.4 Å². The highest BCUT2D eigenvalue weighted by Gasteiger charge is 2.65. The van der Waals surface area contributed by atoms with E-state index in [1.165, 1.54) is 12.7 Å². The molecule has 0 aliphatic heterocycles. The highest BCUT2D eigenvalue weighted by molar-refractivity contribution is 6.33. The molecule has 1 aromatic heterocycles. The SMILES string of the molecule is CC1(C)C(C(=O)O)C1C(=O)Nc1cc(-n2cnnc2)ccc1Cl. The van der Waals surface area contributed by atoms with E-state index in [0.29, 0.717) is 10.7 Å². The third-order valence-corrected chi connectivity index (χ3v) is 4.63. The van der Waals surface area contributed by atoms with Crippen molar-refractivity contribution in [1.29, 1.82) is 0 Å². The second-order valence-electron chi connectivity index (χ2n) is 6.14. The first-order valence-electron chi connectivity index (χ1n) is 7.00. The zero-order valence-corrected chi connectivity index (χ0v) is 13.3. The quantitative estimate of drug-likeness (QED) is 0.893. The molecule has 2 aromatic rings. The maximum atomic E-state index is 12.4. The monoisotopic (exact) mass is 334 g/mol. The number of carboxylic acids is 1. The van der Waals surface area contributed by atoms with E-state index in [2.05, 4.69) is 15.5 Å². The van der Waals surface area contributed by atoms with Gasteiger partial charge in [-0.2, -0.15) is 0 Å². The molecule has 1 aliphatic rings. The van der Waals surface area contributed by atoms with Gasteiger partial charge < -0.3 is 10.4 Å². The molecule has 120 valence electrons. The molecule has 23 heavy (non-hydrogen) atoms. The Morgan fingerprint density at radius 2 is 1.91 bits per heavy atom. The summed E-state index contributed by atoms with van der Waals surface area (Å²) < 4.78 is 1.67. The van der Waals surface area contributed by atoms with Crippen LogP contribution in [0.2, 0.25) is 5.02 Å². The number of carboxylic acid groups (broad SMARTS) is 1. The molecule has 7 nitrogen and oxygen atoms in total. The Balaban J connectivity index is 1.82. The second-order valence-corrected chi connectivity index (χ2v) is 6.54. The van der Waals surface area contributed by atoms with E-state index in [9.17, 15) is 14.7 Å². The van der Waals surface area contributed by atoms with Crippen LogP contribution in [0.3, 0.4) is 0 Å². The van der Waals surface area contributed by atoms with Gasteiger partial charge in [0.15, 0.2) is 0 Å². The van der Waals surface area contributed by atoms with E-state index in [0.717, 1.165) is 5.69 Å². The summed E-state index contributed by atoms with van der Waals surface area (Å²) in [6, 6.07) is 5.11. The van der Waals surface area contributed by atoms with Gasteiger partial charge in [0.1, 0.15) is 12.7 Å². The zero-order chi connectivity index (χ0) is 16.8. The molecule has 2 atom stereocenters. The van der Waals surface area contributed by atoms with Gasteiger partial charge >= 0.3 is 5.97 Å². The van der Waals surface area contributed by atoms with Gasteiger partial charge in [0.2, 0.25) is 5.91 Å². The minimum atomic E-state index is -0.959. The number of nitrogens with one attached hydrogen (secondary N) is 1. The molecule has 2 N–H and O–H groups in total. The maximum absolute atomic E-state index is 12.4. The number of rotatable bonds is 4. The smallest absolute Gasteiger partial charge is 0.307 e. The molecule has 1 saturated carbocycles. The van der Waals surface area contributed by atoms with E-state index >= 15 is 0 Å². The van der Waals surface area contributed by atoms with Crippen molar-refractivity contribution in [3.8, 4) is 5.69 Å². The van der Waals surface area contributed by atoms with Crippen molar-refractivity contribution < 1.29 is 14.7 Å². The van der Waals surface area contributed by atoms with Crippen LogP contribution in [0, 0.1) is 17.3 Å². The number of halogens is 1. The number of anilines is 1. The van der Waals surface area contributed by atoms with Crippen molar-refractivity contribution in [2.75, 3.05) is 5.32 Å². The van der Waals surface area contributed by atoms with Gasteiger partial charge in [0.05, 0.1) is 28.2 Å². The summed E-state index contributed by atoms with van der Waals surface area (Å²) in [6.45, 7) is 3.54. The van der Waals surface area contributed by atoms with Crippen molar-refractivity contribution >= 4 is 29.2 Å². The first-order valence-corrected chi connectivity index (χ1v) is 7.38. The van der Waals surface area contributed by atoms with Crippen LogP contribution in [0.1, 0.15) is 13.8 Å². The number of aliphatic carboxylic acids is 1. The van der Waals surface area contributed by atoms with Crippen LogP contribution < -0.4 is 5.32 Å². The molecule has 3 rings (SSSR count). The van der Waals surface area contributed by atoms with E-state index in [4.69, 9.17) is 11.6 Å².